The van der Waals surface area contributed by atoms with Crippen LogP contribution in [-0.4, -0.2) is 50.6 Å². The molecular weight excluding hydrogens is 314 g/mol. The Hall–Kier alpha value is -1.59. The van der Waals surface area contributed by atoms with Gasteiger partial charge in [-0.25, -0.2) is 0 Å². The maximum Gasteiger partial charge on any atom is 0.220 e. The van der Waals surface area contributed by atoms with Crippen LogP contribution in [0.25, 0.3) is 0 Å². The van der Waals surface area contributed by atoms with Gasteiger partial charge in [-0.3, -0.25) is 9.69 Å². The molecule has 5 nitrogen and oxygen atoms in total. The molecule has 138 valence electrons. The number of hydrogen-bond acceptors (Lipinski definition) is 4. The van der Waals surface area contributed by atoms with Gasteiger partial charge in [0, 0.05) is 18.5 Å². The highest BCUT2D eigenvalue weighted by Gasteiger charge is 2.26. The van der Waals surface area contributed by atoms with Crippen LogP contribution in [0.15, 0.2) is 24.3 Å². The molecule has 0 radical (unpaired) electrons. The monoisotopic (exact) mass is 345 g/mol. The van der Waals surface area contributed by atoms with Crippen LogP contribution in [-0.2, 0) is 4.79 Å². The predicted molar refractivity (Wildman–Crippen MR) is 99.8 cm³/mol. The van der Waals surface area contributed by atoms with Crippen molar-refractivity contribution < 1.29 is 9.53 Å². The summed E-state index contributed by atoms with van der Waals surface area (Å²) >= 11 is 0. The Morgan fingerprint density at radius 2 is 2.16 bits per heavy atom. The van der Waals surface area contributed by atoms with E-state index in [1.54, 1.807) is 7.11 Å². The standard InChI is InChI=1S/C20H31N3O2/c1-25-19-7-3-2-6-17(19)18(23-12-4-5-13-23)15-22-20(24)9-8-16-10-11-21-14-16/h2-3,6-7,16,18,21H,4-5,8-15H2,1H3,(H,22,24). The number of ether oxygens (including phenoxy) is 1. The van der Waals surface area contributed by atoms with Crippen LogP contribution in [0.3, 0.4) is 0 Å². The molecule has 2 saturated heterocycles. The van der Waals surface area contributed by atoms with Gasteiger partial charge in [0.25, 0.3) is 0 Å². The van der Waals surface area contributed by atoms with E-state index in [2.05, 4.69) is 27.7 Å². The van der Waals surface area contributed by atoms with Crippen LogP contribution in [0.2, 0.25) is 0 Å². The van der Waals surface area contributed by atoms with Crippen molar-refractivity contribution in [2.75, 3.05) is 39.8 Å². The lowest BCUT2D eigenvalue weighted by Gasteiger charge is -2.29. The van der Waals surface area contributed by atoms with Crippen molar-refractivity contribution in [3.63, 3.8) is 0 Å². The van der Waals surface area contributed by atoms with E-state index < -0.39 is 0 Å². The fourth-order valence-electron chi connectivity index (χ4n) is 4.03. The minimum Gasteiger partial charge on any atom is -0.496 e. The van der Waals surface area contributed by atoms with E-state index in [-0.39, 0.29) is 11.9 Å². The van der Waals surface area contributed by atoms with E-state index in [0.29, 0.717) is 18.9 Å². The molecule has 0 spiro atoms. The van der Waals surface area contributed by atoms with Crippen molar-refractivity contribution >= 4 is 5.91 Å². The number of para-hydroxylation sites is 1. The molecule has 2 heterocycles. The first-order valence-electron chi connectivity index (χ1n) is 9.62. The molecule has 2 fully saturated rings. The quantitative estimate of drug-likeness (QED) is 0.759. The van der Waals surface area contributed by atoms with Gasteiger partial charge >= 0.3 is 0 Å². The average molecular weight is 345 g/mol. The zero-order chi connectivity index (χ0) is 17.5. The van der Waals surface area contributed by atoms with Crippen LogP contribution < -0.4 is 15.4 Å². The van der Waals surface area contributed by atoms with Gasteiger partial charge in [0.1, 0.15) is 5.75 Å². The van der Waals surface area contributed by atoms with Gasteiger partial charge < -0.3 is 15.4 Å². The van der Waals surface area contributed by atoms with E-state index in [1.807, 2.05) is 12.1 Å². The average Bonchev–Trinajstić information content (AvgIpc) is 3.34. The minimum absolute atomic E-state index is 0.172. The van der Waals surface area contributed by atoms with Crippen molar-refractivity contribution in [2.45, 2.75) is 38.1 Å². The molecule has 0 aliphatic carbocycles. The minimum atomic E-state index is 0.172. The molecule has 2 aliphatic rings. The van der Waals surface area contributed by atoms with Crippen molar-refractivity contribution in [3.05, 3.63) is 29.8 Å². The van der Waals surface area contributed by atoms with Gasteiger partial charge in [0.05, 0.1) is 13.2 Å². The summed E-state index contributed by atoms with van der Waals surface area (Å²) in [6, 6.07) is 8.37. The Morgan fingerprint density at radius 3 is 2.88 bits per heavy atom. The lowest BCUT2D eigenvalue weighted by Crippen LogP contribution is -2.37. The van der Waals surface area contributed by atoms with Crippen LogP contribution in [0.4, 0.5) is 0 Å². The molecule has 1 amide bonds. The third-order valence-electron chi connectivity index (χ3n) is 5.51. The van der Waals surface area contributed by atoms with Crippen molar-refractivity contribution in [1.82, 2.24) is 15.5 Å². The van der Waals surface area contributed by atoms with Crippen LogP contribution in [0, 0.1) is 5.92 Å². The van der Waals surface area contributed by atoms with Gasteiger partial charge in [0.15, 0.2) is 0 Å². The lowest BCUT2D eigenvalue weighted by molar-refractivity contribution is -0.121. The second kappa shape index (κ2) is 9.20. The molecule has 5 heteroatoms. The van der Waals surface area contributed by atoms with Gasteiger partial charge in [0.2, 0.25) is 5.91 Å². The first-order chi connectivity index (χ1) is 12.3. The molecule has 2 aliphatic heterocycles. The summed E-state index contributed by atoms with van der Waals surface area (Å²) < 4.78 is 5.56. The van der Waals surface area contributed by atoms with E-state index in [1.165, 1.54) is 24.8 Å². The smallest absolute Gasteiger partial charge is 0.220 e. The molecule has 2 unspecified atom stereocenters. The summed E-state index contributed by atoms with van der Waals surface area (Å²) in [5, 5.41) is 6.54. The Labute approximate surface area is 151 Å². The molecule has 1 aromatic carbocycles. The first-order valence-corrected chi connectivity index (χ1v) is 9.62. The number of methoxy groups -OCH3 is 1. The normalized spacial score (nSPS) is 22.0. The number of carbonyl (C=O) groups is 1. The van der Waals surface area contributed by atoms with E-state index in [9.17, 15) is 4.79 Å². The highest BCUT2D eigenvalue weighted by atomic mass is 16.5. The number of likely N-dealkylation sites (tertiary alicyclic amines) is 1. The lowest BCUT2D eigenvalue weighted by atomic mass is 10.0. The number of hydrogen-bond donors (Lipinski definition) is 2. The third-order valence-corrected chi connectivity index (χ3v) is 5.51. The predicted octanol–water partition coefficient (Wildman–Crippen LogP) is 2.34. The number of rotatable bonds is 8. The van der Waals surface area contributed by atoms with Crippen LogP contribution in [0.1, 0.15) is 43.7 Å². The first kappa shape index (κ1) is 18.2. The SMILES string of the molecule is COc1ccccc1C(CNC(=O)CCC1CCNC1)N1CCCC1. The maximum atomic E-state index is 12.3. The highest BCUT2D eigenvalue weighted by molar-refractivity contribution is 5.75. The van der Waals surface area contributed by atoms with Crippen molar-refractivity contribution in [2.24, 2.45) is 5.92 Å². The molecule has 3 rings (SSSR count). The fraction of sp³-hybridized carbons (Fsp3) is 0.650. The number of carbonyl (C=O) groups excluding carboxylic acids is 1. The van der Waals surface area contributed by atoms with Gasteiger partial charge in [-0.2, -0.15) is 0 Å². The van der Waals surface area contributed by atoms with E-state index in [4.69, 9.17) is 4.74 Å². The summed E-state index contributed by atoms with van der Waals surface area (Å²) in [6.07, 6.45) is 5.28. The number of benzene rings is 1. The second-order valence-corrected chi connectivity index (χ2v) is 7.20. The summed E-state index contributed by atoms with van der Waals surface area (Å²) in [5.41, 5.74) is 1.17. The topological polar surface area (TPSA) is 53.6 Å². The molecular formula is C20H31N3O2. The fourth-order valence-corrected chi connectivity index (χ4v) is 4.03. The molecule has 25 heavy (non-hydrogen) atoms. The van der Waals surface area contributed by atoms with Crippen LogP contribution in [0.5, 0.6) is 5.75 Å². The third kappa shape index (κ3) is 4.95. The van der Waals surface area contributed by atoms with Gasteiger partial charge in [-0.15, -0.1) is 0 Å². The highest BCUT2D eigenvalue weighted by Crippen LogP contribution is 2.31. The summed E-state index contributed by atoms with van der Waals surface area (Å²) in [5.74, 6) is 1.74. The second-order valence-electron chi connectivity index (χ2n) is 7.20. The molecule has 0 aromatic heterocycles. The Bertz CT molecular complexity index is 552. The molecule has 2 N–H and O–H groups in total. The van der Waals surface area contributed by atoms with E-state index in [0.717, 1.165) is 38.3 Å². The molecule has 0 saturated carbocycles. The maximum absolute atomic E-state index is 12.3. The van der Waals surface area contributed by atoms with E-state index >= 15 is 0 Å². The largest absolute Gasteiger partial charge is 0.496 e. The Balaban J connectivity index is 1.58. The van der Waals surface area contributed by atoms with Crippen LogP contribution >= 0.6 is 0 Å². The zero-order valence-corrected chi connectivity index (χ0v) is 15.3. The number of nitrogens with zero attached hydrogens (tertiary/aromatic N) is 1. The van der Waals surface area contributed by atoms with Crippen molar-refractivity contribution in [3.8, 4) is 5.75 Å². The zero-order valence-electron chi connectivity index (χ0n) is 15.3. The van der Waals surface area contributed by atoms with Crippen molar-refractivity contribution in [1.29, 1.82) is 0 Å². The number of amides is 1. The molecule has 1 aromatic rings. The summed E-state index contributed by atoms with van der Waals surface area (Å²) in [7, 11) is 1.72. The van der Waals surface area contributed by atoms with Gasteiger partial charge in [-0.05, 0) is 63.8 Å². The Kier molecular flexibility index (Phi) is 6.70. The Morgan fingerprint density at radius 1 is 1.36 bits per heavy atom. The number of nitrogens with one attached hydrogen (secondary N) is 2. The van der Waals surface area contributed by atoms with Gasteiger partial charge in [-0.1, -0.05) is 18.2 Å². The molecule has 0 bridgehead atoms. The summed E-state index contributed by atoms with van der Waals surface area (Å²) in [6.45, 7) is 4.99. The summed E-state index contributed by atoms with van der Waals surface area (Å²) in [4.78, 5) is 14.8. The molecule has 2 atom stereocenters.